The average Bonchev–Trinajstić information content (AvgIpc) is 2.78. The average molecular weight is 345 g/mol. The van der Waals surface area contributed by atoms with E-state index in [9.17, 15) is 22.0 Å². The Morgan fingerprint density at radius 2 is 1.91 bits per heavy atom. The molecular formula is C13H13F2N3O4S. The molecule has 124 valence electrons. The first-order chi connectivity index (χ1) is 10.7. The summed E-state index contributed by atoms with van der Waals surface area (Å²) in [5.41, 5.74) is -1.58. The number of hydrogen-bond donors (Lipinski definition) is 2. The number of carboxylic acid groups (broad SMARTS) is 1. The number of aromatic carboxylic acids is 1. The first kappa shape index (κ1) is 16.9. The van der Waals surface area contributed by atoms with Crippen molar-refractivity contribution in [2.75, 3.05) is 4.72 Å². The van der Waals surface area contributed by atoms with Gasteiger partial charge in [-0.25, -0.2) is 18.6 Å². The van der Waals surface area contributed by atoms with Crippen molar-refractivity contribution in [1.82, 2.24) is 9.55 Å². The van der Waals surface area contributed by atoms with Crippen LogP contribution < -0.4 is 4.72 Å². The first-order valence-corrected chi connectivity index (χ1v) is 7.93. The molecule has 7 nitrogen and oxygen atoms in total. The fourth-order valence-electron chi connectivity index (χ4n) is 2.09. The number of sulfonamides is 1. The second-order valence-corrected chi connectivity index (χ2v) is 6.24. The number of aromatic nitrogens is 2. The number of carboxylic acids is 1. The molecule has 0 aliphatic rings. The zero-order valence-corrected chi connectivity index (χ0v) is 13.0. The molecule has 0 fully saturated rings. The molecule has 0 radical (unpaired) electrons. The highest BCUT2D eigenvalue weighted by Gasteiger charge is 2.23. The summed E-state index contributed by atoms with van der Waals surface area (Å²) in [6, 6.07) is 1.20. The fraction of sp³-hybridized carbons (Fsp3) is 0.231. The molecule has 0 saturated carbocycles. The number of anilines is 1. The van der Waals surface area contributed by atoms with E-state index < -0.39 is 38.9 Å². The van der Waals surface area contributed by atoms with Crippen LogP contribution in [0.4, 0.5) is 14.5 Å². The zero-order chi connectivity index (χ0) is 17.4. The van der Waals surface area contributed by atoms with E-state index in [-0.39, 0.29) is 5.03 Å². The Morgan fingerprint density at radius 3 is 2.39 bits per heavy atom. The van der Waals surface area contributed by atoms with Gasteiger partial charge in [0.2, 0.25) is 0 Å². The van der Waals surface area contributed by atoms with Crippen molar-refractivity contribution < 1.29 is 27.1 Å². The standard InChI is InChI=1S/C13H13F2N3O4S/c1-3-18-7(2)16-6-11(18)23(21,22)17-8-4-9(14)12(13(19)20)10(15)5-8/h4-6,17H,3H2,1-2H3,(H,19,20). The Labute approximate surface area is 130 Å². The molecule has 2 aromatic rings. The van der Waals surface area contributed by atoms with Gasteiger partial charge in [0.25, 0.3) is 10.0 Å². The number of nitrogens with zero attached hydrogens (tertiary/aromatic N) is 2. The monoisotopic (exact) mass is 345 g/mol. The molecule has 0 spiro atoms. The SMILES string of the molecule is CCn1c(S(=O)(=O)Nc2cc(F)c(C(=O)O)c(F)c2)cnc1C. The van der Waals surface area contributed by atoms with Gasteiger partial charge in [-0.1, -0.05) is 0 Å². The molecule has 1 aromatic carbocycles. The van der Waals surface area contributed by atoms with E-state index in [1.54, 1.807) is 13.8 Å². The summed E-state index contributed by atoms with van der Waals surface area (Å²) in [5, 5.41) is 8.52. The molecule has 1 heterocycles. The van der Waals surface area contributed by atoms with Gasteiger partial charge < -0.3 is 9.67 Å². The van der Waals surface area contributed by atoms with Crippen molar-refractivity contribution in [2.45, 2.75) is 25.4 Å². The van der Waals surface area contributed by atoms with E-state index in [2.05, 4.69) is 4.98 Å². The molecule has 0 aliphatic heterocycles. The molecule has 0 saturated heterocycles. The molecular weight excluding hydrogens is 332 g/mol. The maximum atomic E-state index is 13.6. The molecule has 10 heteroatoms. The van der Waals surface area contributed by atoms with Crippen LogP contribution in [0.2, 0.25) is 0 Å². The molecule has 23 heavy (non-hydrogen) atoms. The van der Waals surface area contributed by atoms with Gasteiger partial charge >= 0.3 is 5.97 Å². The third-order valence-corrected chi connectivity index (χ3v) is 4.50. The minimum atomic E-state index is -4.13. The van der Waals surface area contributed by atoms with Gasteiger partial charge in [0.15, 0.2) is 5.03 Å². The third-order valence-electron chi connectivity index (χ3n) is 3.12. The number of hydrogen-bond acceptors (Lipinski definition) is 4. The predicted molar refractivity (Wildman–Crippen MR) is 76.8 cm³/mol. The van der Waals surface area contributed by atoms with Crippen LogP contribution >= 0.6 is 0 Å². The van der Waals surface area contributed by atoms with E-state index in [0.29, 0.717) is 24.5 Å². The summed E-state index contributed by atoms with van der Waals surface area (Å²) in [4.78, 5) is 14.6. The van der Waals surface area contributed by atoms with Gasteiger partial charge in [-0.05, 0) is 26.0 Å². The van der Waals surface area contributed by atoms with Crippen molar-refractivity contribution in [3.05, 3.63) is 41.4 Å². The minimum Gasteiger partial charge on any atom is -0.477 e. The number of halogens is 2. The minimum absolute atomic E-state index is 0.166. The number of aryl methyl sites for hydroxylation is 1. The van der Waals surface area contributed by atoms with Gasteiger partial charge in [0.1, 0.15) is 23.0 Å². The van der Waals surface area contributed by atoms with E-state index in [1.165, 1.54) is 4.57 Å². The van der Waals surface area contributed by atoms with E-state index in [1.807, 2.05) is 4.72 Å². The van der Waals surface area contributed by atoms with Gasteiger partial charge in [-0.3, -0.25) is 4.72 Å². The summed E-state index contributed by atoms with van der Waals surface area (Å²) in [7, 11) is -4.13. The predicted octanol–water partition coefficient (Wildman–Crippen LogP) is 1.99. The summed E-state index contributed by atoms with van der Waals surface area (Å²) < 4.78 is 55.2. The molecule has 0 unspecified atom stereocenters. The van der Waals surface area contributed by atoms with Crippen LogP contribution in [0.5, 0.6) is 0 Å². The number of benzene rings is 1. The van der Waals surface area contributed by atoms with Crippen LogP contribution in [-0.2, 0) is 16.6 Å². The van der Waals surface area contributed by atoms with Crippen LogP contribution in [0, 0.1) is 18.6 Å². The Morgan fingerprint density at radius 1 is 1.35 bits per heavy atom. The van der Waals surface area contributed by atoms with E-state index >= 15 is 0 Å². The Balaban J connectivity index is 2.44. The van der Waals surface area contributed by atoms with E-state index in [4.69, 9.17) is 5.11 Å². The summed E-state index contributed by atoms with van der Waals surface area (Å²) >= 11 is 0. The highest BCUT2D eigenvalue weighted by Crippen LogP contribution is 2.22. The third kappa shape index (κ3) is 3.16. The second-order valence-electron chi connectivity index (χ2n) is 4.61. The molecule has 0 bridgehead atoms. The maximum absolute atomic E-state index is 13.6. The number of carbonyl (C=O) groups is 1. The zero-order valence-electron chi connectivity index (χ0n) is 12.2. The normalized spacial score (nSPS) is 11.5. The molecule has 0 aliphatic carbocycles. The number of rotatable bonds is 5. The van der Waals surface area contributed by atoms with Crippen molar-refractivity contribution in [3.8, 4) is 0 Å². The van der Waals surface area contributed by atoms with Crippen molar-refractivity contribution in [2.24, 2.45) is 0 Å². The van der Waals surface area contributed by atoms with Crippen molar-refractivity contribution in [3.63, 3.8) is 0 Å². The Bertz CT molecular complexity index is 854. The quantitative estimate of drug-likeness (QED) is 0.863. The lowest BCUT2D eigenvalue weighted by atomic mass is 10.2. The molecule has 0 amide bonds. The van der Waals surface area contributed by atoms with Crippen LogP contribution in [0.3, 0.4) is 0 Å². The Kier molecular flexibility index (Phi) is 4.37. The lowest BCUT2D eigenvalue weighted by Gasteiger charge is -2.11. The second kappa shape index (κ2) is 5.95. The highest BCUT2D eigenvalue weighted by atomic mass is 32.2. The Hall–Kier alpha value is -2.49. The topological polar surface area (TPSA) is 101 Å². The smallest absolute Gasteiger partial charge is 0.341 e. The summed E-state index contributed by atoms with van der Waals surface area (Å²) in [6.07, 6.45) is 1.12. The maximum Gasteiger partial charge on any atom is 0.341 e. The van der Waals surface area contributed by atoms with Crippen LogP contribution in [-0.4, -0.2) is 29.0 Å². The largest absolute Gasteiger partial charge is 0.477 e. The van der Waals surface area contributed by atoms with Gasteiger partial charge in [-0.2, -0.15) is 8.42 Å². The van der Waals surface area contributed by atoms with Crippen molar-refractivity contribution in [1.29, 1.82) is 0 Å². The van der Waals surface area contributed by atoms with Crippen LogP contribution in [0.15, 0.2) is 23.4 Å². The molecule has 2 N–H and O–H groups in total. The van der Waals surface area contributed by atoms with Crippen LogP contribution in [0.25, 0.3) is 0 Å². The van der Waals surface area contributed by atoms with Gasteiger partial charge in [-0.15, -0.1) is 0 Å². The number of imidazole rings is 1. The lowest BCUT2D eigenvalue weighted by Crippen LogP contribution is -2.18. The lowest BCUT2D eigenvalue weighted by molar-refractivity contribution is 0.0686. The van der Waals surface area contributed by atoms with Crippen molar-refractivity contribution >= 4 is 21.7 Å². The molecule has 2 rings (SSSR count). The summed E-state index contributed by atoms with van der Waals surface area (Å²) in [5.74, 6) is -4.08. The fourth-order valence-corrected chi connectivity index (χ4v) is 3.37. The summed E-state index contributed by atoms with van der Waals surface area (Å²) in [6.45, 7) is 3.67. The first-order valence-electron chi connectivity index (χ1n) is 6.44. The number of nitrogens with one attached hydrogen (secondary N) is 1. The van der Waals surface area contributed by atoms with Gasteiger partial charge in [0.05, 0.1) is 11.9 Å². The van der Waals surface area contributed by atoms with Crippen LogP contribution in [0.1, 0.15) is 23.1 Å². The van der Waals surface area contributed by atoms with Gasteiger partial charge in [0, 0.05) is 6.54 Å². The molecule has 1 aromatic heterocycles. The van der Waals surface area contributed by atoms with E-state index in [0.717, 1.165) is 6.20 Å². The highest BCUT2D eigenvalue weighted by molar-refractivity contribution is 7.92. The molecule has 0 atom stereocenters.